The van der Waals surface area contributed by atoms with Gasteiger partial charge in [-0.2, -0.15) is 0 Å². The molecule has 0 saturated carbocycles. The minimum atomic E-state index is -0.786. The Morgan fingerprint density at radius 2 is 1.64 bits per heavy atom. The van der Waals surface area contributed by atoms with Crippen LogP contribution in [-0.2, 0) is 0 Å². The maximum absolute atomic E-state index is 10.2. The Bertz CT molecular complexity index is 224. The van der Waals surface area contributed by atoms with E-state index in [1.54, 1.807) is 24.3 Å². The first-order valence-electron chi connectivity index (χ1n) is 4.26. The normalized spacial score (nSPS) is 7.14. The van der Waals surface area contributed by atoms with Crippen LogP contribution in [0.2, 0.25) is 0 Å². The average molecular weight is 199 g/mol. The minimum absolute atomic E-state index is 0.468. The van der Waals surface area contributed by atoms with Gasteiger partial charge in [0.1, 0.15) is 5.75 Å². The summed E-state index contributed by atoms with van der Waals surface area (Å²) < 4.78 is 4.55. The number of benzene rings is 1. The van der Waals surface area contributed by atoms with Gasteiger partial charge in [0.25, 0.3) is 0 Å². The summed E-state index contributed by atoms with van der Waals surface area (Å²) >= 11 is 0. The molecule has 0 aliphatic heterocycles. The van der Waals surface area contributed by atoms with Crippen molar-refractivity contribution in [1.82, 2.24) is 0 Å². The number of ether oxygens (including phenoxy) is 1. The van der Waals surface area contributed by atoms with Gasteiger partial charge in [0.15, 0.2) is 0 Å². The SMILES string of the molecule is CC.CO.NC(=O)Oc1ccccc1. The van der Waals surface area contributed by atoms with Crippen molar-refractivity contribution in [3.05, 3.63) is 30.3 Å². The second kappa shape index (κ2) is 11.4. The van der Waals surface area contributed by atoms with E-state index in [-0.39, 0.29) is 0 Å². The van der Waals surface area contributed by atoms with Gasteiger partial charge in [0, 0.05) is 7.11 Å². The molecule has 14 heavy (non-hydrogen) atoms. The first kappa shape index (κ1) is 14.9. The Hall–Kier alpha value is -1.55. The largest absolute Gasteiger partial charge is 0.411 e. The molecule has 1 rings (SSSR count). The summed E-state index contributed by atoms with van der Waals surface area (Å²) in [6.45, 7) is 4.00. The molecule has 0 heterocycles. The highest BCUT2D eigenvalue weighted by Crippen LogP contribution is 2.07. The van der Waals surface area contributed by atoms with Gasteiger partial charge in [-0.25, -0.2) is 4.79 Å². The predicted molar refractivity (Wildman–Crippen MR) is 56.1 cm³/mol. The highest BCUT2D eigenvalue weighted by molar-refractivity contribution is 5.67. The van der Waals surface area contributed by atoms with E-state index < -0.39 is 6.09 Å². The molecule has 0 aliphatic carbocycles. The van der Waals surface area contributed by atoms with Crippen LogP contribution in [0.5, 0.6) is 5.75 Å². The number of hydrogen-bond acceptors (Lipinski definition) is 3. The van der Waals surface area contributed by atoms with Gasteiger partial charge in [-0.05, 0) is 12.1 Å². The Morgan fingerprint density at radius 3 is 2.00 bits per heavy atom. The Morgan fingerprint density at radius 1 is 1.21 bits per heavy atom. The Labute approximate surface area is 84.3 Å². The van der Waals surface area contributed by atoms with Crippen LogP contribution in [0.25, 0.3) is 0 Å². The van der Waals surface area contributed by atoms with E-state index >= 15 is 0 Å². The number of para-hydroxylation sites is 1. The fourth-order valence-corrected chi connectivity index (χ4v) is 0.605. The average Bonchev–Trinajstić information content (AvgIpc) is 2.24. The zero-order valence-electron chi connectivity index (χ0n) is 8.73. The highest BCUT2D eigenvalue weighted by atomic mass is 16.5. The smallest absolute Gasteiger partial charge is 0.409 e. The molecule has 80 valence electrons. The summed E-state index contributed by atoms with van der Waals surface area (Å²) in [5, 5.41) is 7.00. The highest BCUT2D eigenvalue weighted by Gasteiger charge is 1.93. The van der Waals surface area contributed by atoms with Gasteiger partial charge in [0.2, 0.25) is 0 Å². The molecule has 1 aromatic rings. The number of aliphatic hydroxyl groups is 1. The second-order valence-electron chi connectivity index (χ2n) is 1.73. The van der Waals surface area contributed by atoms with Crippen LogP contribution in [0.4, 0.5) is 4.79 Å². The maximum atomic E-state index is 10.2. The van der Waals surface area contributed by atoms with Crippen molar-refractivity contribution in [1.29, 1.82) is 0 Å². The molecule has 0 aromatic heterocycles. The molecule has 0 atom stereocenters. The topological polar surface area (TPSA) is 72.5 Å². The molecule has 0 bridgehead atoms. The monoisotopic (exact) mass is 199 g/mol. The standard InChI is InChI=1S/C7H7NO2.C2H6.CH4O/c8-7(9)10-6-4-2-1-3-5-6;2*1-2/h1-5H,(H2,8,9);1-2H3;2H,1H3. The summed E-state index contributed by atoms with van der Waals surface area (Å²) in [6.07, 6.45) is -0.786. The van der Waals surface area contributed by atoms with Crippen LogP contribution in [-0.4, -0.2) is 18.3 Å². The summed E-state index contributed by atoms with van der Waals surface area (Å²) in [5.41, 5.74) is 4.76. The molecule has 0 unspecified atom stereocenters. The quantitative estimate of drug-likeness (QED) is 0.724. The fraction of sp³-hybridized carbons (Fsp3) is 0.300. The lowest BCUT2D eigenvalue weighted by molar-refractivity contribution is 0.211. The predicted octanol–water partition coefficient (Wildman–Crippen LogP) is 1.78. The second-order valence-corrected chi connectivity index (χ2v) is 1.73. The summed E-state index contributed by atoms with van der Waals surface area (Å²) in [4.78, 5) is 10.2. The molecular formula is C10H17NO3. The van der Waals surface area contributed by atoms with Crippen molar-refractivity contribution in [2.45, 2.75) is 13.8 Å². The van der Waals surface area contributed by atoms with E-state index in [9.17, 15) is 4.79 Å². The molecule has 0 fully saturated rings. The van der Waals surface area contributed by atoms with E-state index in [1.807, 2.05) is 19.9 Å². The first-order valence-corrected chi connectivity index (χ1v) is 4.26. The zero-order chi connectivity index (χ0) is 11.4. The molecular weight excluding hydrogens is 182 g/mol. The van der Waals surface area contributed by atoms with E-state index in [4.69, 9.17) is 10.8 Å². The lowest BCUT2D eigenvalue weighted by Crippen LogP contribution is -2.15. The van der Waals surface area contributed by atoms with Crippen LogP contribution < -0.4 is 10.5 Å². The van der Waals surface area contributed by atoms with Gasteiger partial charge in [-0.15, -0.1) is 0 Å². The molecule has 0 aliphatic rings. The summed E-state index contributed by atoms with van der Waals surface area (Å²) in [7, 11) is 1.00. The molecule has 4 heteroatoms. The third-order valence-corrected chi connectivity index (χ3v) is 0.962. The van der Waals surface area contributed by atoms with E-state index in [0.717, 1.165) is 7.11 Å². The fourth-order valence-electron chi connectivity index (χ4n) is 0.605. The van der Waals surface area contributed by atoms with E-state index in [2.05, 4.69) is 4.74 Å². The number of hydrogen-bond donors (Lipinski definition) is 2. The molecule has 1 amide bonds. The van der Waals surface area contributed by atoms with Gasteiger partial charge in [-0.3, -0.25) is 0 Å². The first-order chi connectivity index (χ1) is 6.79. The van der Waals surface area contributed by atoms with Crippen molar-refractivity contribution >= 4 is 6.09 Å². The Kier molecular flexibility index (Phi) is 12.2. The molecule has 3 N–H and O–H groups in total. The molecule has 0 spiro atoms. The van der Waals surface area contributed by atoms with Crippen molar-refractivity contribution in [2.75, 3.05) is 7.11 Å². The number of primary amides is 1. The zero-order valence-corrected chi connectivity index (χ0v) is 8.73. The molecule has 0 saturated heterocycles. The van der Waals surface area contributed by atoms with Gasteiger partial charge in [-0.1, -0.05) is 32.0 Å². The molecule has 1 aromatic carbocycles. The minimum Gasteiger partial charge on any atom is -0.411 e. The third-order valence-electron chi connectivity index (χ3n) is 0.962. The van der Waals surface area contributed by atoms with Gasteiger partial charge in [0.05, 0.1) is 0 Å². The summed E-state index contributed by atoms with van der Waals surface area (Å²) in [6, 6.07) is 8.67. The van der Waals surface area contributed by atoms with Crippen LogP contribution in [0.15, 0.2) is 30.3 Å². The van der Waals surface area contributed by atoms with Crippen molar-refractivity contribution in [3.63, 3.8) is 0 Å². The van der Waals surface area contributed by atoms with Crippen LogP contribution in [0.3, 0.4) is 0 Å². The molecule has 0 radical (unpaired) electrons. The van der Waals surface area contributed by atoms with Crippen LogP contribution in [0.1, 0.15) is 13.8 Å². The van der Waals surface area contributed by atoms with Crippen molar-refractivity contribution in [2.24, 2.45) is 5.73 Å². The van der Waals surface area contributed by atoms with Crippen LogP contribution >= 0.6 is 0 Å². The number of aliphatic hydroxyl groups excluding tert-OH is 1. The number of nitrogens with two attached hydrogens (primary N) is 1. The Balaban J connectivity index is 0. The van der Waals surface area contributed by atoms with E-state index in [0.29, 0.717) is 5.75 Å². The maximum Gasteiger partial charge on any atom is 0.409 e. The number of carbonyl (C=O) groups excluding carboxylic acids is 1. The number of rotatable bonds is 1. The summed E-state index contributed by atoms with van der Waals surface area (Å²) in [5.74, 6) is 0.468. The third kappa shape index (κ3) is 8.55. The van der Waals surface area contributed by atoms with Gasteiger partial charge < -0.3 is 15.6 Å². The van der Waals surface area contributed by atoms with Crippen LogP contribution in [0, 0.1) is 0 Å². The number of carbonyl (C=O) groups is 1. The molecule has 4 nitrogen and oxygen atoms in total. The van der Waals surface area contributed by atoms with Crippen molar-refractivity contribution < 1.29 is 14.6 Å². The van der Waals surface area contributed by atoms with E-state index in [1.165, 1.54) is 0 Å². The lowest BCUT2D eigenvalue weighted by atomic mass is 10.3. The van der Waals surface area contributed by atoms with Crippen molar-refractivity contribution in [3.8, 4) is 5.75 Å². The van der Waals surface area contributed by atoms with Gasteiger partial charge >= 0.3 is 6.09 Å². The number of amides is 1. The lowest BCUT2D eigenvalue weighted by Gasteiger charge is -1.96.